The zero-order valence-corrected chi connectivity index (χ0v) is 50.9. The maximum Gasteiger partial charge on any atom is 0.160 e. The van der Waals surface area contributed by atoms with Gasteiger partial charge in [-0.15, -0.1) is 0 Å². The second kappa shape index (κ2) is 19.1. The molecular formula is C86H59N5. The van der Waals surface area contributed by atoms with Gasteiger partial charge in [-0.3, -0.25) is 0 Å². The molecule has 428 valence electrons. The second-order valence-corrected chi connectivity index (χ2v) is 26.1. The first-order chi connectivity index (χ1) is 44.6. The topological polar surface area (TPSA) is 40.6 Å². The zero-order chi connectivity index (χ0) is 60.4. The summed E-state index contributed by atoms with van der Waals surface area (Å²) >= 11 is 0. The molecule has 17 aromatic rings. The molecule has 0 radical (unpaired) electrons. The van der Waals surface area contributed by atoms with Gasteiger partial charge in [0.05, 0.1) is 44.3 Å². The molecule has 5 nitrogen and oxygen atoms in total. The Hall–Kier alpha value is -11.4. The first-order valence-corrected chi connectivity index (χ1v) is 31.7. The first kappa shape index (κ1) is 51.6. The number of para-hydroxylation sites is 3. The third-order valence-corrected chi connectivity index (χ3v) is 20.4. The second-order valence-electron chi connectivity index (χ2n) is 26.1. The molecule has 91 heavy (non-hydrogen) atoms. The SMILES string of the molecule is CC1(C)c2ccccc2-c2ccc(-n3c4ccccc4c4cc(-c5ccc6c7ccc(-c8ccc9c(c8)c8ccccc8n9-c8ccc9c(c8)C(C)(C)c8ccccc8-9)cc7n(-c7cccc(-c8nc(-c9ccccc9)c9ccccc9n8)c7)c6c5)ccc43)cc21. The summed E-state index contributed by atoms with van der Waals surface area (Å²) < 4.78 is 7.40. The maximum atomic E-state index is 5.37. The van der Waals surface area contributed by atoms with Crippen molar-refractivity contribution in [3.8, 4) is 84.2 Å². The van der Waals surface area contributed by atoms with E-state index < -0.39 is 0 Å². The van der Waals surface area contributed by atoms with Crippen LogP contribution in [0.2, 0.25) is 0 Å². The molecule has 0 amide bonds. The Morgan fingerprint density at radius 2 is 0.659 bits per heavy atom. The number of nitrogens with zero attached hydrogens (tertiary/aromatic N) is 5. The van der Waals surface area contributed by atoms with Crippen molar-refractivity contribution in [2.45, 2.75) is 38.5 Å². The smallest absolute Gasteiger partial charge is 0.160 e. The Balaban J connectivity index is 0.778. The van der Waals surface area contributed by atoms with E-state index in [1.54, 1.807) is 0 Å². The van der Waals surface area contributed by atoms with Gasteiger partial charge in [0.15, 0.2) is 5.82 Å². The van der Waals surface area contributed by atoms with Gasteiger partial charge in [-0.2, -0.15) is 0 Å². The van der Waals surface area contributed by atoms with Crippen molar-refractivity contribution in [1.82, 2.24) is 23.7 Å². The van der Waals surface area contributed by atoms with Gasteiger partial charge in [-0.25, -0.2) is 9.97 Å². The molecule has 0 atom stereocenters. The maximum absolute atomic E-state index is 5.37. The molecule has 4 aromatic heterocycles. The largest absolute Gasteiger partial charge is 0.309 e. The van der Waals surface area contributed by atoms with Crippen LogP contribution in [0, 0.1) is 0 Å². The van der Waals surface area contributed by atoms with Crippen molar-refractivity contribution in [2.24, 2.45) is 0 Å². The Morgan fingerprint density at radius 3 is 1.23 bits per heavy atom. The lowest BCUT2D eigenvalue weighted by Gasteiger charge is -2.22. The highest BCUT2D eigenvalue weighted by molar-refractivity contribution is 6.15. The minimum atomic E-state index is -0.110. The van der Waals surface area contributed by atoms with Crippen molar-refractivity contribution < 1.29 is 0 Å². The molecule has 13 aromatic carbocycles. The summed E-state index contributed by atoms with van der Waals surface area (Å²) in [4.78, 5) is 10.6. The molecular weight excluding hydrogens is 1100 g/mol. The lowest BCUT2D eigenvalue weighted by Crippen LogP contribution is -2.15. The number of fused-ring (bicyclic) bond motifs is 16. The summed E-state index contributed by atoms with van der Waals surface area (Å²) in [5, 5.41) is 8.30. The predicted molar refractivity (Wildman–Crippen MR) is 379 cm³/mol. The van der Waals surface area contributed by atoms with Gasteiger partial charge < -0.3 is 13.7 Å². The van der Waals surface area contributed by atoms with Crippen LogP contribution >= 0.6 is 0 Å². The van der Waals surface area contributed by atoms with E-state index in [-0.39, 0.29) is 10.8 Å². The summed E-state index contributed by atoms with van der Waals surface area (Å²) in [5.74, 6) is 0.684. The fourth-order valence-electron chi connectivity index (χ4n) is 16.0. The lowest BCUT2D eigenvalue weighted by atomic mass is 9.82. The fraction of sp³-hybridized carbons (Fsp3) is 0.0698. The Kier molecular flexibility index (Phi) is 10.8. The van der Waals surface area contributed by atoms with Gasteiger partial charge in [0.2, 0.25) is 0 Å². The van der Waals surface area contributed by atoms with Crippen LogP contribution in [0.15, 0.2) is 285 Å². The van der Waals surface area contributed by atoms with E-state index in [9.17, 15) is 0 Å². The van der Waals surface area contributed by atoms with Crippen LogP contribution in [0.3, 0.4) is 0 Å². The first-order valence-electron chi connectivity index (χ1n) is 31.7. The van der Waals surface area contributed by atoms with Crippen LogP contribution in [0.4, 0.5) is 0 Å². The molecule has 0 N–H and O–H groups in total. The van der Waals surface area contributed by atoms with Crippen molar-refractivity contribution >= 4 is 76.3 Å². The summed E-state index contributed by atoms with van der Waals surface area (Å²) in [6.45, 7) is 9.45. The zero-order valence-electron chi connectivity index (χ0n) is 50.9. The molecule has 5 heteroatoms. The van der Waals surface area contributed by atoms with Gasteiger partial charge in [-0.05, 0) is 158 Å². The van der Waals surface area contributed by atoms with Crippen LogP contribution < -0.4 is 0 Å². The summed E-state index contributed by atoms with van der Waals surface area (Å²) in [7, 11) is 0. The minimum Gasteiger partial charge on any atom is -0.309 e. The normalized spacial score (nSPS) is 13.7. The van der Waals surface area contributed by atoms with Crippen LogP contribution in [0.25, 0.3) is 161 Å². The molecule has 0 bridgehead atoms. The highest BCUT2D eigenvalue weighted by Gasteiger charge is 2.37. The lowest BCUT2D eigenvalue weighted by molar-refractivity contribution is 0.660. The number of hydrogen-bond donors (Lipinski definition) is 0. The van der Waals surface area contributed by atoms with Crippen LogP contribution in [0.5, 0.6) is 0 Å². The van der Waals surface area contributed by atoms with E-state index in [4.69, 9.17) is 9.97 Å². The van der Waals surface area contributed by atoms with Gasteiger partial charge >= 0.3 is 0 Å². The van der Waals surface area contributed by atoms with E-state index >= 15 is 0 Å². The minimum absolute atomic E-state index is 0.110. The van der Waals surface area contributed by atoms with Crippen LogP contribution in [-0.4, -0.2) is 23.7 Å². The quantitative estimate of drug-likeness (QED) is 0.160. The van der Waals surface area contributed by atoms with Gasteiger partial charge in [-0.1, -0.05) is 222 Å². The highest BCUT2D eigenvalue weighted by Crippen LogP contribution is 2.52. The van der Waals surface area contributed by atoms with Crippen molar-refractivity contribution in [2.75, 3.05) is 0 Å². The van der Waals surface area contributed by atoms with E-state index in [0.29, 0.717) is 5.82 Å². The number of rotatable bonds is 7. The summed E-state index contributed by atoms with van der Waals surface area (Å²) in [6, 6.07) is 106. The highest BCUT2D eigenvalue weighted by atomic mass is 15.0. The number of hydrogen-bond acceptors (Lipinski definition) is 2. The molecule has 4 heterocycles. The van der Waals surface area contributed by atoms with Gasteiger partial charge in [0.1, 0.15) is 0 Å². The molecule has 19 rings (SSSR count). The Bertz CT molecular complexity index is 5680. The monoisotopic (exact) mass is 1160 g/mol. The average Bonchev–Trinajstić information content (AvgIpc) is 1.62. The molecule has 0 unspecified atom stereocenters. The number of aromatic nitrogens is 5. The van der Waals surface area contributed by atoms with E-state index in [2.05, 4.69) is 327 Å². The molecule has 0 aliphatic heterocycles. The Morgan fingerprint density at radius 1 is 0.242 bits per heavy atom. The molecule has 0 spiro atoms. The molecule has 0 fully saturated rings. The van der Waals surface area contributed by atoms with Crippen molar-refractivity contribution in [1.29, 1.82) is 0 Å². The van der Waals surface area contributed by atoms with Crippen molar-refractivity contribution in [3.05, 3.63) is 307 Å². The number of benzene rings is 13. The van der Waals surface area contributed by atoms with Gasteiger partial charge in [0.25, 0.3) is 0 Å². The molecule has 2 aliphatic rings. The standard InChI is InChI=1S/C86H59N5/c1-85(2)72-28-13-8-23-61(72)63-41-37-59(50-74(63)85)89-77-31-16-11-25-65(77)70-46-53(35-43-79(70)89)55-33-39-67-68-40-34-56(49-82(68)91(81(67)48-55)58-22-18-21-57(45-58)84-87-76-30-15-10-27-69(76)83(88-84)52-19-6-5-7-20-52)54-36-44-80-71(47-54)66-26-12-17-32-78(66)90(80)60-38-42-64-62-24-9-14-29-73(62)86(3,4)75(64)51-60/h5-51H,1-4H3. The van der Waals surface area contributed by atoms with Crippen molar-refractivity contribution in [3.63, 3.8) is 0 Å². The molecule has 0 saturated carbocycles. The van der Waals surface area contributed by atoms with E-state index in [1.807, 2.05) is 0 Å². The third kappa shape index (κ3) is 7.52. The predicted octanol–water partition coefficient (Wildman–Crippen LogP) is 22.2. The van der Waals surface area contributed by atoms with Crippen LogP contribution in [0.1, 0.15) is 49.9 Å². The average molecular weight is 1160 g/mol. The molecule has 2 aliphatic carbocycles. The fourth-order valence-corrected chi connectivity index (χ4v) is 16.0. The summed E-state index contributed by atoms with van der Waals surface area (Å²) in [5.41, 5.74) is 29.4. The molecule has 0 saturated heterocycles. The van der Waals surface area contributed by atoms with Gasteiger partial charge in [0, 0.05) is 76.7 Å². The Labute approximate surface area is 527 Å². The van der Waals surface area contributed by atoms with Crippen LogP contribution in [-0.2, 0) is 10.8 Å². The third-order valence-electron chi connectivity index (χ3n) is 20.4. The van der Waals surface area contributed by atoms with E-state index in [0.717, 1.165) is 66.7 Å². The summed E-state index contributed by atoms with van der Waals surface area (Å²) in [6.07, 6.45) is 0. The van der Waals surface area contributed by atoms with E-state index in [1.165, 1.54) is 110 Å².